The Kier molecular flexibility index (Phi) is 5.25. The average Bonchev–Trinajstić information content (AvgIpc) is 3.08. The van der Waals surface area contributed by atoms with Gasteiger partial charge in [0.15, 0.2) is 0 Å². The molecule has 0 aliphatic carbocycles. The van der Waals surface area contributed by atoms with Gasteiger partial charge in [0.25, 0.3) is 0 Å². The molecule has 0 N–H and O–H groups in total. The first-order valence-electron chi connectivity index (χ1n) is 7.18. The normalized spacial score (nSPS) is 11.2. The van der Waals surface area contributed by atoms with Crippen molar-refractivity contribution >= 4 is 0 Å². The van der Waals surface area contributed by atoms with Crippen molar-refractivity contribution in [1.82, 2.24) is 24.7 Å². The summed E-state index contributed by atoms with van der Waals surface area (Å²) < 4.78 is 60.2. The van der Waals surface area contributed by atoms with Crippen molar-refractivity contribution in [2.75, 3.05) is 0 Å². The molecule has 0 spiro atoms. The minimum absolute atomic E-state index is 0.171. The number of hydrogen-bond donors (Lipinski definition) is 0. The Balaban J connectivity index is 1.98. The van der Waals surface area contributed by atoms with Crippen LogP contribution >= 0.6 is 0 Å². The van der Waals surface area contributed by atoms with E-state index in [1.54, 1.807) is 0 Å². The van der Waals surface area contributed by atoms with Gasteiger partial charge in [-0.3, -0.25) is 0 Å². The summed E-state index contributed by atoms with van der Waals surface area (Å²) in [5.74, 6) is -0.710. The summed E-state index contributed by atoms with van der Waals surface area (Å²) in [5, 5.41) is 3.94. The SMILES string of the molecule is FC(F)Oc1cc(-c2cc(Cn3cncn3)cnc2OC(F)F)ccn1. The van der Waals surface area contributed by atoms with Crippen LogP contribution in [0.25, 0.3) is 11.1 Å². The zero-order chi connectivity index (χ0) is 18.5. The Bertz CT molecular complexity index is 861. The molecule has 0 atom stereocenters. The van der Waals surface area contributed by atoms with Crippen molar-refractivity contribution in [3.05, 3.63) is 48.8 Å². The molecule has 7 nitrogen and oxygen atoms in total. The summed E-state index contributed by atoms with van der Waals surface area (Å²) in [5.41, 5.74) is 1.06. The van der Waals surface area contributed by atoms with Gasteiger partial charge in [-0.15, -0.1) is 0 Å². The van der Waals surface area contributed by atoms with Gasteiger partial charge in [-0.25, -0.2) is 19.6 Å². The largest absolute Gasteiger partial charge is 0.417 e. The molecule has 0 amide bonds. The number of hydrogen-bond acceptors (Lipinski definition) is 6. The van der Waals surface area contributed by atoms with E-state index in [1.165, 1.54) is 47.9 Å². The van der Waals surface area contributed by atoms with E-state index in [1.807, 2.05) is 0 Å². The van der Waals surface area contributed by atoms with Crippen molar-refractivity contribution in [3.63, 3.8) is 0 Å². The first-order valence-corrected chi connectivity index (χ1v) is 7.18. The third-order valence-electron chi connectivity index (χ3n) is 3.18. The summed E-state index contributed by atoms with van der Waals surface area (Å²) in [6.45, 7) is -5.88. The Morgan fingerprint density at radius 1 is 1.04 bits per heavy atom. The fourth-order valence-corrected chi connectivity index (χ4v) is 2.20. The fraction of sp³-hybridized carbons (Fsp3) is 0.200. The molecule has 3 rings (SSSR count). The molecule has 0 aliphatic heterocycles. The highest BCUT2D eigenvalue weighted by molar-refractivity contribution is 5.69. The van der Waals surface area contributed by atoms with Gasteiger partial charge >= 0.3 is 13.2 Å². The van der Waals surface area contributed by atoms with Gasteiger partial charge in [-0.1, -0.05) is 0 Å². The minimum Gasteiger partial charge on any atom is -0.417 e. The van der Waals surface area contributed by atoms with E-state index in [0.29, 0.717) is 5.56 Å². The predicted octanol–water partition coefficient (Wildman–Crippen LogP) is 2.99. The van der Waals surface area contributed by atoms with Crippen LogP contribution in [0, 0.1) is 0 Å². The van der Waals surface area contributed by atoms with E-state index in [4.69, 9.17) is 0 Å². The molecule has 3 aromatic heterocycles. The van der Waals surface area contributed by atoms with E-state index in [2.05, 4.69) is 29.5 Å². The summed E-state index contributed by atoms with van der Waals surface area (Å²) in [4.78, 5) is 11.3. The van der Waals surface area contributed by atoms with Gasteiger partial charge in [0.1, 0.15) is 12.7 Å². The maximum Gasteiger partial charge on any atom is 0.388 e. The second-order valence-corrected chi connectivity index (χ2v) is 4.93. The average molecular weight is 369 g/mol. The molecule has 0 bridgehead atoms. The molecule has 26 heavy (non-hydrogen) atoms. The molecule has 0 saturated heterocycles. The van der Waals surface area contributed by atoms with Crippen molar-refractivity contribution in [2.45, 2.75) is 19.8 Å². The zero-order valence-electron chi connectivity index (χ0n) is 13.0. The van der Waals surface area contributed by atoms with E-state index in [9.17, 15) is 17.6 Å². The van der Waals surface area contributed by atoms with Crippen molar-refractivity contribution < 1.29 is 27.0 Å². The van der Waals surface area contributed by atoms with Crippen LogP contribution in [-0.4, -0.2) is 38.0 Å². The van der Waals surface area contributed by atoms with Crippen molar-refractivity contribution in [3.8, 4) is 22.9 Å². The van der Waals surface area contributed by atoms with E-state index in [-0.39, 0.29) is 29.4 Å². The van der Waals surface area contributed by atoms with Crippen molar-refractivity contribution in [1.29, 1.82) is 0 Å². The smallest absolute Gasteiger partial charge is 0.388 e. The van der Waals surface area contributed by atoms with Gasteiger partial charge < -0.3 is 9.47 Å². The highest BCUT2D eigenvalue weighted by Gasteiger charge is 2.16. The van der Waals surface area contributed by atoms with E-state index in [0.717, 1.165) is 0 Å². The summed E-state index contributed by atoms with van der Waals surface area (Å²) in [6, 6.07) is 4.15. The van der Waals surface area contributed by atoms with Crippen LogP contribution in [0.5, 0.6) is 11.8 Å². The first kappa shape index (κ1) is 17.6. The Labute approximate surface area is 144 Å². The zero-order valence-corrected chi connectivity index (χ0v) is 13.0. The second-order valence-electron chi connectivity index (χ2n) is 4.93. The maximum absolute atomic E-state index is 12.7. The molecule has 0 fully saturated rings. The molecule has 3 heterocycles. The number of halogens is 4. The molecule has 0 radical (unpaired) electrons. The predicted molar refractivity (Wildman–Crippen MR) is 79.9 cm³/mol. The first-order chi connectivity index (χ1) is 12.5. The lowest BCUT2D eigenvalue weighted by atomic mass is 10.1. The minimum atomic E-state index is -3.10. The van der Waals surface area contributed by atoms with Gasteiger partial charge in [0.05, 0.1) is 6.54 Å². The van der Waals surface area contributed by atoms with Gasteiger partial charge in [-0.05, 0) is 23.3 Å². The number of nitrogens with zero attached hydrogens (tertiary/aromatic N) is 5. The highest BCUT2D eigenvalue weighted by atomic mass is 19.3. The highest BCUT2D eigenvalue weighted by Crippen LogP contribution is 2.32. The molecule has 0 unspecified atom stereocenters. The second kappa shape index (κ2) is 7.76. The molecular formula is C15H11F4N5O2. The van der Waals surface area contributed by atoms with Crippen molar-refractivity contribution in [2.24, 2.45) is 0 Å². The fourth-order valence-electron chi connectivity index (χ4n) is 2.20. The van der Waals surface area contributed by atoms with E-state index < -0.39 is 13.2 Å². The summed E-state index contributed by atoms with van der Waals surface area (Å²) in [6.07, 6.45) is 5.38. The lowest BCUT2D eigenvalue weighted by Crippen LogP contribution is -2.07. The van der Waals surface area contributed by atoms with E-state index >= 15 is 0 Å². The molecule has 11 heteroatoms. The summed E-state index contributed by atoms with van der Waals surface area (Å²) in [7, 11) is 0. The monoisotopic (exact) mass is 369 g/mol. The van der Waals surface area contributed by atoms with Crippen LogP contribution in [0.15, 0.2) is 43.2 Å². The van der Waals surface area contributed by atoms with Gasteiger partial charge in [0, 0.05) is 24.0 Å². The van der Waals surface area contributed by atoms with Crippen LogP contribution in [0.2, 0.25) is 0 Å². The van der Waals surface area contributed by atoms with Gasteiger partial charge in [-0.2, -0.15) is 22.7 Å². The molecule has 3 aromatic rings. The third kappa shape index (κ3) is 4.43. The Morgan fingerprint density at radius 2 is 1.85 bits per heavy atom. The third-order valence-corrected chi connectivity index (χ3v) is 3.18. The van der Waals surface area contributed by atoms with Crippen LogP contribution in [0.4, 0.5) is 17.6 Å². The molecule has 0 aliphatic rings. The van der Waals surface area contributed by atoms with Crippen LogP contribution in [0.1, 0.15) is 5.56 Å². The Morgan fingerprint density at radius 3 is 2.54 bits per heavy atom. The van der Waals surface area contributed by atoms with Gasteiger partial charge in [0.2, 0.25) is 11.8 Å². The molecular weight excluding hydrogens is 358 g/mol. The maximum atomic E-state index is 12.7. The molecule has 0 saturated carbocycles. The number of ether oxygens (including phenoxy) is 2. The number of pyridine rings is 2. The lowest BCUT2D eigenvalue weighted by molar-refractivity contribution is -0.0530. The number of rotatable bonds is 7. The standard InChI is InChI=1S/C15H11F4N5O2/c16-14(17)25-12-4-10(1-2-21-12)11-3-9(6-24-8-20-7-23-24)5-22-13(11)26-15(18)19/h1-5,7-8,14-15H,6H2. The van der Waals surface area contributed by atoms with Crippen LogP contribution in [-0.2, 0) is 6.54 Å². The lowest BCUT2D eigenvalue weighted by Gasteiger charge is -2.12. The quantitative estimate of drug-likeness (QED) is 0.596. The number of alkyl halides is 4. The molecule has 0 aromatic carbocycles. The summed E-state index contributed by atoms with van der Waals surface area (Å²) >= 11 is 0. The molecule has 136 valence electrons. The van der Waals surface area contributed by atoms with Crippen LogP contribution < -0.4 is 9.47 Å². The number of aromatic nitrogens is 5. The topological polar surface area (TPSA) is 75.0 Å². The van der Waals surface area contributed by atoms with Crippen LogP contribution in [0.3, 0.4) is 0 Å². The Hall–Kier alpha value is -3.24.